The quantitative estimate of drug-likeness (QED) is 0.619. The normalized spacial score (nSPS) is 16.1. The number of nitro benzene ring substituents is 1. The first-order valence-corrected chi connectivity index (χ1v) is 8.64. The van der Waals surface area contributed by atoms with Gasteiger partial charge in [0.25, 0.3) is 5.69 Å². The predicted octanol–water partition coefficient (Wildman–Crippen LogP) is 2.76. The van der Waals surface area contributed by atoms with Crippen LogP contribution in [0.25, 0.3) is 11.1 Å². The molecule has 0 bridgehead atoms. The van der Waals surface area contributed by atoms with Crippen molar-refractivity contribution in [1.29, 1.82) is 0 Å². The van der Waals surface area contributed by atoms with Crippen LogP contribution < -0.4 is 0 Å². The highest BCUT2D eigenvalue weighted by molar-refractivity contribution is 5.66. The Morgan fingerprint density at radius 3 is 2.48 bits per heavy atom. The smallest absolute Gasteiger partial charge is 0.272 e. The SMILES string of the molecule is Cc1ccc(-c2ccc(CCN3CCN(C)CC3)nc2)cc1[N+](=O)[O-]. The standard InChI is InChI=1S/C19H24N4O2/c1-15-3-4-16(13-19(15)23(24)25)17-5-6-18(20-14-17)7-8-22-11-9-21(2)10-12-22/h3-6,13-14H,7-12H2,1-2H3. The van der Waals surface area contributed by atoms with Gasteiger partial charge in [-0.15, -0.1) is 0 Å². The Hall–Kier alpha value is -2.31. The third-order valence-corrected chi connectivity index (χ3v) is 4.84. The summed E-state index contributed by atoms with van der Waals surface area (Å²) in [6.07, 6.45) is 2.74. The third-order valence-electron chi connectivity index (χ3n) is 4.84. The number of likely N-dealkylation sites (N-methyl/N-ethyl adjacent to an activating group) is 1. The van der Waals surface area contributed by atoms with Crippen LogP contribution in [0.4, 0.5) is 5.69 Å². The van der Waals surface area contributed by atoms with Gasteiger partial charge in [-0.2, -0.15) is 0 Å². The lowest BCUT2D eigenvalue weighted by Gasteiger charge is -2.32. The molecule has 25 heavy (non-hydrogen) atoms. The Bertz CT molecular complexity index is 738. The zero-order chi connectivity index (χ0) is 17.8. The van der Waals surface area contributed by atoms with Gasteiger partial charge in [-0.1, -0.05) is 18.2 Å². The lowest BCUT2D eigenvalue weighted by molar-refractivity contribution is -0.385. The fraction of sp³-hybridized carbons (Fsp3) is 0.421. The van der Waals surface area contributed by atoms with E-state index in [-0.39, 0.29) is 10.6 Å². The molecule has 0 spiro atoms. The number of hydrogen-bond acceptors (Lipinski definition) is 5. The molecule has 0 saturated carbocycles. The van der Waals surface area contributed by atoms with Crippen molar-refractivity contribution in [3.05, 3.63) is 57.9 Å². The van der Waals surface area contributed by atoms with Gasteiger partial charge >= 0.3 is 0 Å². The van der Waals surface area contributed by atoms with Crippen LogP contribution in [0.1, 0.15) is 11.3 Å². The molecule has 1 aliphatic rings. The minimum Gasteiger partial charge on any atom is -0.304 e. The third kappa shape index (κ3) is 4.41. The monoisotopic (exact) mass is 340 g/mol. The first kappa shape index (κ1) is 17.5. The van der Waals surface area contributed by atoms with E-state index in [0.29, 0.717) is 5.56 Å². The first-order chi connectivity index (χ1) is 12.0. The number of aromatic nitrogens is 1. The highest BCUT2D eigenvalue weighted by Gasteiger charge is 2.14. The number of nitro groups is 1. The Labute approximate surface area is 148 Å². The van der Waals surface area contributed by atoms with Gasteiger partial charge in [0.1, 0.15) is 0 Å². The topological polar surface area (TPSA) is 62.5 Å². The fourth-order valence-electron chi connectivity index (χ4n) is 3.07. The highest BCUT2D eigenvalue weighted by atomic mass is 16.6. The van der Waals surface area contributed by atoms with Gasteiger partial charge in [0, 0.05) is 68.2 Å². The van der Waals surface area contributed by atoms with E-state index >= 15 is 0 Å². The van der Waals surface area contributed by atoms with Gasteiger partial charge in [0.2, 0.25) is 0 Å². The summed E-state index contributed by atoms with van der Waals surface area (Å²) in [5.74, 6) is 0. The molecule has 0 atom stereocenters. The fourth-order valence-corrected chi connectivity index (χ4v) is 3.07. The molecule has 0 radical (unpaired) electrons. The molecule has 3 rings (SSSR count). The van der Waals surface area contributed by atoms with Gasteiger partial charge < -0.3 is 9.80 Å². The Balaban J connectivity index is 1.64. The highest BCUT2D eigenvalue weighted by Crippen LogP contribution is 2.26. The van der Waals surface area contributed by atoms with Crippen LogP contribution in [0.15, 0.2) is 36.5 Å². The van der Waals surface area contributed by atoms with Crippen LogP contribution in [0.5, 0.6) is 0 Å². The van der Waals surface area contributed by atoms with Gasteiger partial charge in [-0.3, -0.25) is 15.1 Å². The summed E-state index contributed by atoms with van der Waals surface area (Å²) in [6.45, 7) is 7.25. The van der Waals surface area contributed by atoms with E-state index in [4.69, 9.17) is 0 Å². The van der Waals surface area contributed by atoms with Crippen molar-refractivity contribution in [3.63, 3.8) is 0 Å². The summed E-state index contributed by atoms with van der Waals surface area (Å²) in [7, 11) is 2.16. The molecule has 1 fully saturated rings. The molecule has 0 aliphatic carbocycles. The second kappa shape index (κ2) is 7.72. The Morgan fingerprint density at radius 1 is 1.12 bits per heavy atom. The summed E-state index contributed by atoms with van der Waals surface area (Å²) < 4.78 is 0. The average molecular weight is 340 g/mol. The van der Waals surface area contributed by atoms with E-state index in [2.05, 4.69) is 21.8 Å². The average Bonchev–Trinajstić information content (AvgIpc) is 2.62. The van der Waals surface area contributed by atoms with Crippen molar-refractivity contribution in [1.82, 2.24) is 14.8 Å². The van der Waals surface area contributed by atoms with Crippen LogP contribution in [0, 0.1) is 17.0 Å². The minimum atomic E-state index is -0.337. The molecule has 2 aromatic rings. The van der Waals surface area contributed by atoms with Gasteiger partial charge in [-0.05, 0) is 25.6 Å². The van der Waals surface area contributed by atoms with Crippen molar-refractivity contribution in [3.8, 4) is 11.1 Å². The molecule has 2 heterocycles. The number of aryl methyl sites for hydroxylation is 1. The molecule has 0 N–H and O–H groups in total. The van der Waals surface area contributed by atoms with Gasteiger partial charge in [0.05, 0.1) is 4.92 Å². The molecular formula is C19H24N4O2. The number of pyridine rings is 1. The minimum absolute atomic E-state index is 0.150. The predicted molar refractivity (Wildman–Crippen MR) is 98.7 cm³/mol. The Morgan fingerprint density at radius 2 is 1.84 bits per heavy atom. The number of nitrogens with zero attached hydrogens (tertiary/aromatic N) is 4. The molecule has 0 amide bonds. The van der Waals surface area contributed by atoms with E-state index in [9.17, 15) is 10.1 Å². The zero-order valence-corrected chi connectivity index (χ0v) is 14.8. The van der Waals surface area contributed by atoms with E-state index in [1.54, 1.807) is 19.1 Å². The molecule has 1 aromatic heterocycles. The van der Waals surface area contributed by atoms with Crippen LogP contribution in [-0.2, 0) is 6.42 Å². The molecule has 1 saturated heterocycles. The summed E-state index contributed by atoms with van der Waals surface area (Å²) in [4.78, 5) is 20.1. The lowest BCUT2D eigenvalue weighted by Crippen LogP contribution is -2.45. The van der Waals surface area contributed by atoms with Crippen LogP contribution in [-0.4, -0.2) is 59.5 Å². The maximum atomic E-state index is 11.1. The van der Waals surface area contributed by atoms with Crippen molar-refractivity contribution in [2.75, 3.05) is 39.8 Å². The zero-order valence-electron chi connectivity index (χ0n) is 14.8. The van der Waals surface area contributed by atoms with Crippen molar-refractivity contribution in [2.45, 2.75) is 13.3 Å². The maximum Gasteiger partial charge on any atom is 0.272 e. The van der Waals surface area contributed by atoms with Crippen molar-refractivity contribution >= 4 is 5.69 Å². The van der Waals surface area contributed by atoms with Crippen LogP contribution >= 0.6 is 0 Å². The second-order valence-electron chi connectivity index (χ2n) is 6.69. The molecule has 1 aromatic carbocycles. The van der Waals surface area contributed by atoms with Crippen molar-refractivity contribution < 1.29 is 4.92 Å². The summed E-state index contributed by atoms with van der Waals surface area (Å²) >= 11 is 0. The van der Waals surface area contributed by atoms with Crippen LogP contribution in [0.3, 0.4) is 0 Å². The van der Waals surface area contributed by atoms with Gasteiger partial charge in [-0.25, -0.2) is 0 Å². The summed E-state index contributed by atoms with van der Waals surface area (Å²) in [6, 6.07) is 9.34. The number of benzene rings is 1. The summed E-state index contributed by atoms with van der Waals surface area (Å²) in [5.41, 5.74) is 3.62. The molecule has 132 valence electrons. The molecule has 6 heteroatoms. The van der Waals surface area contributed by atoms with Crippen molar-refractivity contribution in [2.24, 2.45) is 0 Å². The Kier molecular flexibility index (Phi) is 5.40. The van der Waals surface area contributed by atoms with Gasteiger partial charge in [0.15, 0.2) is 0 Å². The van der Waals surface area contributed by atoms with E-state index in [0.717, 1.165) is 56.0 Å². The van der Waals surface area contributed by atoms with Crippen LogP contribution in [0.2, 0.25) is 0 Å². The molecule has 0 unspecified atom stereocenters. The van der Waals surface area contributed by atoms with E-state index in [1.807, 2.05) is 24.4 Å². The van der Waals surface area contributed by atoms with E-state index < -0.39 is 0 Å². The first-order valence-electron chi connectivity index (χ1n) is 8.64. The largest absolute Gasteiger partial charge is 0.304 e. The van der Waals surface area contributed by atoms with E-state index in [1.165, 1.54) is 0 Å². The summed E-state index contributed by atoms with van der Waals surface area (Å²) in [5, 5.41) is 11.1. The molecule has 1 aliphatic heterocycles. The second-order valence-corrected chi connectivity index (χ2v) is 6.69. The molecule has 6 nitrogen and oxygen atoms in total. The molecular weight excluding hydrogens is 316 g/mol. The number of hydrogen-bond donors (Lipinski definition) is 0. The number of rotatable bonds is 5. The number of piperazine rings is 1. The maximum absolute atomic E-state index is 11.1. The lowest BCUT2D eigenvalue weighted by atomic mass is 10.0.